The molecule has 1 fully saturated rings. The molecule has 0 saturated carbocycles. The van der Waals surface area contributed by atoms with Crippen LogP contribution in [0.1, 0.15) is 54.0 Å². The first-order valence-electron chi connectivity index (χ1n) is 10.0. The minimum absolute atomic E-state index is 0.0737. The van der Waals surface area contributed by atoms with Gasteiger partial charge in [-0.15, -0.1) is 0 Å². The molecule has 0 radical (unpaired) electrons. The largest absolute Gasteiger partial charge is 0.364 e. The normalized spacial score (nSPS) is 22.4. The molecule has 0 aromatic heterocycles. The van der Waals surface area contributed by atoms with E-state index in [1.807, 2.05) is 12.1 Å². The molecular formula is C23H26N4O2. The standard InChI is InChI=1S/C23H26N4O2/c1-15-18-6-4-5-7-19(18)22-13-17(25-23(28)26(2)29-3)10-11-27(22)21-9-8-16(14-24)12-20(15)21/h4-9,12,15,17,22H,10-11,13H2,1-3H3,(H,25,28)/t15-,17-,22-/m1/s1. The average molecular weight is 390 g/mol. The van der Waals surface area contributed by atoms with Crippen molar-refractivity contribution in [3.63, 3.8) is 0 Å². The van der Waals surface area contributed by atoms with Gasteiger partial charge in [-0.3, -0.25) is 4.84 Å². The zero-order valence-corrected chi connectivity index (χ0v) is 17.1. The predicted molar refractivity (Wildman–Crippen MR) is 112 cm³/mol. The van der Waals surface area contributed by atoms with Crippen molar-refractivity contribution >= 4 is 11.7 Å². The van der Waals surface area contributed by atoms with Crippen molar-refractivity contribution in [1.29, 1.82) is 5.26 Å². The highest BCUT2D eigenvalue weighted by molar-refractivity contribution is 5.73. The lowest BCUT2D eigenvalue weighted by atomic mass is 9.86. The number of anilines is 1. The number of hydrogen-bond acceptors (Lipinski definition) is 4. The number of nitriles is 1. The summed E-state index contributed by atoms with van der Waals surface area (Å²) in [5.74, 6) is 0.202. The van der Waals surface area contributed by atoms with Crippen LogP contribution in [0.3, 0.4) is 0 Å². The lowest BCUT2D eigenvalue weighted by molar-refractivity contribution is -0.0658. The summed E-state index contributed by atoms with van der Waals surface area (Å²) in [4.78, 5) is 19.7. The van der Waals surface area contributed by atoms with E-state index < -0.39 is 0 Å². The van der Waals surface area contributed by atoms with Gasteiger partial charge in [0.15, 0.2) is 0 Å². The summed E-state index contributed by atoms with van der Waals surface area (Å²) in [6, 6.07) is 16.9. The second-order valence-corrected chi connectivity index (χ2v) is 7.80. The number of benzene rings is 2. The zero-order chi connectivity index (χ0) is 20.5. The fraction of sp³-hybridized carbons (Fsp3) is 0.391. The Morgan fingerprint density at radius 2 is 2.00 bits per heavy atom. The Labute approximate surface area is 171 Å². The van der Waals surface area contributed by atoms with Gasteiger partial charge in [-0.1, -0.05) is 31.2 Å². The predicted octanol–water partition coefficient (Wildman–Crippen LogP) is 3.94. The van der Waals surface area contributed by atoms with E-state index >= 15 is 0 Å². The molecular weight excluding hydrogens is 364 g/mol. The molecule has 6 nitrogen and oxygen atoms in total. The number of fused-ring (bicyclic) bond motifs is 5. The summed E-state index contributed by atoms with van der Waals surface area (Å²) in [5, 5.41) is 13.7. The molecule has 0 aliphatic carbocycles. The quantitative estimate of drug-likeness (QED) is 0.789. The van der Waals surface area contributed by atoms with Gasteiger partial charge < -0.3 is 10.2 Å². The lowest BCUT2D eigenvalue weighted by Crippen LogP contribution is -2.49. The minimum atomic E-state index is -0.222. The number of nitrogens with zero attached hydrogens (tertiary/aromatic N) is 3. The van der Waals surface area contributed by atoms with E-state index in [1.165, 1.54) is 34.6 Å². The molecule has 1 saturated heterocycles. The van der Waals surface area contributed by atoms with Crippen molar-refractivity contribution in [3.05, 3.63) is 64.7 Å². The second-order valence-electron chi connectivity index (χ2n) is 7.80. The number of hydroxylamine groups is 2. The Hall–Kier alpha value is -3.04. The Balaban J connectivity index is 1.73. The van der Waals surface area contributed by atoms with Gasteiger partial charge in [0.2, 0.25) is 0 Å². The van der Waals surface area contributed by atoms with E-state index in [4.69, 9.17) is 4.84 Å². The van der Waals surface area contributed by atoms with Crippen molar-refractivity contribution < 1.29 is 9.63 Å². The molecule has 2 aromatic rings. The number of hydrogen-bond donors (Lipinski definition) is 1. The van der Waals surface area contributed by atoms with Gasteiger partial charge in [0.05, 0.1) is 24.8 Å². The summed E-state index contributed by atoms with van der Waals surface area (Å²) in [6.45, 7) is 3.05. The number of amides is 2. The SMILES string of the molecule is CON(C)C(=O)N[C@@H]1CCN2c3ccc(C#N)cc3[C@H](C)c3ccccc3[C@H]2C1. The number of carbonyl (C=O) groups is 1. The Morgan fingerprint density at radius 1 is 1.24 bits per heavy atom. The van der Waals surface area contributed by atoms with Crippen LogP contribution in [0.4, 0.5) is 10.5 Å². The van der Waals surface area contributed by atoms with E-state index in [0.29, 0.717) is 5.56 Å². The van der Waals surface area contributed by atoms with E-state index in [1.54, 1.807) is 7.05 Å². The first-order chi connectivity index (χ1) is 14.0. The third-order valence-corrected chi connectivity index (χ3v) is 6.24. The Kier molecular flexibility index (Phi) is 5.16. The van der Waals surface area contributed by atoms with E-state index in [9.17, 15) is 10.1 Å². The van der Waals surface area contributed by atoms with E-state index in [2.05, 4.69) is 53.5 Å². The lowest BCUT2D eigenvalue weighted by Gasteiger charge is -2.41. The van der Waals surface area contributed by atoms with Crippen molar-refractivity contribution in [2.75, 3.05) is 25.6 Å². The number of urea groups is 1. The first-order valence-corrected chi connectivity index (χ1v) is 10.0. The highest BCUT2D eigenvalue weighted by Crippen LogP contribution is 2.46. The van der Waals surface area contributed by atoms with Crippen LogP contribution >= 0.6 is 0 Å². The molecule has 4 rings (SSSR count). The van der Waals surface area contributed by atoms with Gasteiger partial charge in [-0.05, 0) is 47.7 Å². The van der Waals surface area contributed by atoms with Crippen molar-refractivity contribution in [3.8, 4) is 6.07 Å². The molecule has 0 bridgehead atoms. The highest BCUT2D eigenvalue weighted by atomic mass is 16.7. The summed E-state index contributed by atoms with van der Waals surface area (Å²) in [6.07, 6.45) is 1.68. The van der Waals surface area contributed by atoms with Crippen LogP contribution in [0.15, 0.2) is 42.5 Å². The van der Waals surface area contributed by atoms with Crippen molar-refractivity contribution in [2.45, 2.75) is 37.8 Å². The molecule has 2 aliphatic rings. The summed E-state index contributed by atoms with van der Waals surface area (Å²) >= 11 is 0. The van der Waals surface area contributed by atoms with Gasteiger partial charge in [0.1, 0.15) is 0 Å². The van der Waals surface area contributed by atoms with E-state index in [-0.39, 0.29) is 24.0 Å². The summed E-state index contributed by atoms with van der Waals surface area (Å²) < 4.78 is 0. The van der Waals surface area contributed by atoms with Gasteiger partial charge in [0, 0.05) is 31.2 Å². The highest BCUT2D eigenvalue weighted by Gasteiger charge is 2.36. The third-order valence-electron chi connectivity index (χ3n) is 6.24. The first kappa shape index (κ1) is 19.3. The monoisotopic (exact) mass is 390 g/mol. The number of nitrogens with one attached hydrogen (secondary N) is 1. The molecule has 0 unspecified atom stereocenters. The maximum Gasteiger partial charge on any atom is 0.341 e. The molecule has 29 heavy (non-hydrogen) atoms. The second kappa shape index (κ2) is 7.76. The molecule has 3 atom stereocenters. The smallest absolute Gasteiger partial charge is 0.341 e. The molecule has 1 N–H and O–H groups in total. The van der Waals surface area contributed by atoms with Gasteiger partial charge in [0.25, 0.3) is 0 Å². The van der Waals surface area contributed by atoms with E-state index in [0.717, 1.165) is 19.4 Å². The van der Waals surface area contributed by atoms with Crippen LogP contribution in [0.2, 0.25) is 0 Å². The van der Waals surface area contributed by atoms with Crippen LogP contribution in [0.25, 0.3) is 0 Å². The molecule has 2 aliphatic heterocycles. The topological polar surface area (TPSA) is 68.6 Å². The fourth-order valence-electron chi connectivity index (χ4n) is 4.64. The number of piperidine rings is 1. The fourth-order valence-corrected chi connectivity index (χ4v) is 4.64. The van der Waals surface area contributed by atoms with Crippen LogP contribution in [0.5, 0.6) is 0 Å². The molecule has 2 amide bonds. The minimum Gasteiger partial charge on any atom is -0.364 e. The molecule has 6 heteroatoms. The van der Waals surface area contributed by atoms with Crippen LogP contribution in [-0.4, -0.2) is 37.8 Å². The van der Waals surface area contributed by atoms with Crippen molar-refractivity contribution in [1.82, 2.24) is 10.4 Å². The Morgan fingerprint density at radius 3 is 2.72 bits per heavy atom. The summed E-state index contributed by atoms with van der Waals surface area (Å²) in [7, 11) is 3.09. The third kappa shape index (κ3) is 3.43. The van der Waals surface area contributed by atoms with Gasteiger partial charge >= 0.3 is 6.03 Å². The zero-order valence-electron chi connectivity index (χ0n) is 17.1. The van der Waals surface area contributed by atoms with Gasteiger partial charge in [-0.2, -0.15) is 5.26 Å². The maximum atomic E-state index is 12.3. The summed E-state index contributed by atoms with van der Waals surface area (Å²) in [5.41, 5.74) is 5.67. The number of rotatable bonds is 2. The molecule has 150 valence electrons. The molecule has 2 heterocycles. The van der Waals surface area contributed by atoms with Gasteiger partial charge in [-0.25, -0.2) is 9.86 Å². The van der Waals surface area contributed by atoms with Crippen LogP contribution in [-0.2, 0) is 4.84 Å². The number of carbonyl (C=O) groups excluding carboxylic acids is 1. The maximum absolute atomic E-state index is 12.3. The average Bonchev–Trinajstić information content (AvgIpc) is 2.86. The molecule has 0 spiro atoms. The van der Waals surface area contributed by atoms with Crippen molar-refractivity contribution in [2.24, 2.45) is 0 Å². The Bertz CT molecular complexity index is 968. The molecule has 2 aromatic carbocycles. The van der Waals surface area contributed by atoms with Crippen LogP contribution in [0, 0.1) is 11.3 Å². The van der Waals surface area contributed by atoms with Crippen LogP contribution < -0.4 is 10.2 Å².